The number of carbonyl (C=O) groups excluding carboxylic acids is 1. The quantitative estimate of drug-likeness (QED) is 0.444. The van der Waals surface area contributed by atoms with E-state index in [-0.39, 0.29) is 5.91 Å². The Labute approximate surface area is 164 Å². The molecule has 136 valence electrons. The van der Waals surface area contributed by atoms with Crippen molar-refractivity contribution in [1.82, 2.24) is 0 Å². The van der Waals surface area contributed by atoms with E-state index in [1.165, 1.54) is 0 Å². The number of rotatable bonds is 5. The maximum Gasteiger partial charge on any atom is 0.255 e. The van der Waals surface area contributed by atoms with E-state index < -0.39 is 0 Å². The minimum absolute atomic E-state index is 0.177. The van der Waals surface area contributed by atoms with E-state index >= 15 is 0 Å². The van der Waals surface area contributed by atoms with Crippen LogP contribution in [0.4, 0.5) is 5.69 Å². The Balaban J connectivity index is 1.51. The summed E-state index contributed by atoms with van der Waals surface area (Å²) < 4.78 is 5.91. The summed E-state index contributed by atoms with van der Waals surface area (Å²) in [6.45, 7) is 0. The van der Waals surface area contributed by atoms with Crippen molar-refractivity contribution >= 4 is 11.6 Å². The fraction of sp³-hybridized carbons (Fsp3) is 0. The van der Waals surface area contributed by atoms with Crippen LogP contribution in [0.2, 0.25) is 0 Å². The van der Waals surface area contributed by atoms with Crippen molar-refractivity contribution < 1.29 is 9.53 Å². The molecule has 4 rings (SSSR count). The number of carbonyl (C=O) groups is 1. The Hall–Kier alpha value is -3.85. The molecule has 3 heteroatoms. The fourth-order valence-corrected chi connectivity index (χ4v) is 2.91. The van der Waals surface area contributed by atoms with Crippen molar-refractivity contribution in [1.29, 1.82) is 0 Å². The van der Waals surface area contributed by atoms with Crippen LogP contribution >= 0.6 is 0 Å². The molecule has 0 radical (unpaired) electrons. The molecule has 4 aromatic rings. The van der Waals surface area contributed by atoms with Crippen molar-refractivity contribution in [2.24, 2.45) is 0 Å². The lowest BCUT2D eigenvalue weighted by Crippen LogP contribution is -2.12. The molecule has 0 bridgehead atoms. The highest BCUT2D eigenvalue weighted by atomic mass is 16.5. The largest absolute Gasteiger partial charge is 0.455 e. The molecule has 0 heterocycles. The van der Waals surface area contributed by atoms with Crippen LogP contribution in [0.5, 0.6) is 11.5 Å². The van der Waals surface area contributed by atoms with Crippen LogP contribution in [-0.2, 0) is 0 Å². The molecule has 0 aliphatic heterocycles. The third-order valence-electron chi connectivity index (χ3n) is 4.36. The van der Waals surface area contributed by atoms with Crippen molar-refractivity contribution in [3.63, 3.8) is 0 Å². The van der Waals surface area contributed by atoms with E-state index in [2.05, 4.69) is 5.32 Å². The number of benzene rings is 4. The summed E-state index contributed by atoms with van der Waals surface area (Å²) in [5.74, 6) is 1.14. The Morgan fingerprint density at radius 2 is 1.18 bits per heavy atom. The Morgan fingerprint density at radius 3 is 1.89 bits per heavy atom. The first-order valence-electron chi connectivity index (χ1n) is 9.08. The number of hydrogen-bond acceptors (Lipinski definition) is 2. The maximum atomic E-state index is 12.7. The zero-order valence-corrected chi connectivity index (χ0v) is 15.2. The van der Waals surface area contributed by atoms with E-state index in [4.69, 9.17) is 4.74 Å². The average Bonchev–Trinajstić information content (AvgIpc) is 2.76. The molecule has 3 nitrogen and oxygen atoms in total. The molecular formula is C25H19NO2. The summed E-state index contributed by atoms with van der Waals surface area (Å²) in [5.41, 5.74) is 3.42. The van der Waals surface area contributed by atoms with E-state index in [9.17, 15) is 4.79 Å². The van der Waals surface area contributed by atoms with E-state index in [1.54, 1.807) is 0 Å². The highest BCUT2D eigenvalue weighted by Gasteiger charge is 2.10. The molecule has 0 saturated carbocycles. The molecule has 28 heavy (non-hydrogen) atoms. The second-order valence-corrected chi connectivity index (χ2v) is 6.31. The summed E-state index contributed by atoms with van der Waals surface area (Å²) >= 11 is 0. The molecule has 0 fully saturated rings. The topological polar surface area (TPSA) is 38.3 Å². The fourth-order valence-electron chi connectivity index (χ4n) is 2.91. The Morgan fingerprint density at radius 1 is 0.607 bits per heavy atom. The molecule has 0 saturated heterocycles. The highest BCUT2D eigenvalue weighted by molar-refractivity contribution is 6.05. The Bertz CT molecular complexity index is 1060. The van der Waals surface area contributed by atoms with Gasteiger partial charge in [-0.05, 0) is 47.5 Å². The lowest BCUT2D eigenvalue weighted by Gasteiger charge is -2.12. The first kappa shape index (κ1) is 17.6. The van der Waals surface area contributed by atoms with Gasteiger partial charge < -0.3 is 10.1 Å². The van der Waals surface area contributed by atoms with Gasteiger partial charge in [0.05, 0.1) is 5.69 Å². The lowest BCUT2D eigenvalue weighted by atomic mass is 10.0. The highest BCUT2D eigenvalue weighted by Crippen LogP contribution is 2.29. The normalized spacial score (nSPS) is 10.3. The molecule has 0 aliphatic rings. The van der Waals surface area contributed by atoms with Crippen LogP contribution in [0.15, 0.2) is 109 Å². The molecule has 0 atom stereocenters. The van der Waals surface area contributed by atoms with Gasteiger partial charge in [0.2, 0.25) is 0 Å². The number of anilines is 1. The van der Waals surface area contributed by atoms with E-state index in [1.807, 2.05) is 109 Å². The van der Waals surface area contributed by atoms with Gasteiger partial charge in [-0.3, -0.25) is 4.79 Å². The summed E-state index contributed by atoms with van der Waals surface area (Å²) in [6.07, 6.45) is 0. The van der Waals surface area contributed by atoms with Crippen LogP contribution < -0.4 is 10.1 Å². The van der Waals surface area contributed by atoms with Crippen LogP contribution in [0.3, 0.4) is 0 Å². The molecule has 1 amide bonds. The summed E-state index contributed by atoms with van der Waals surface area (Å²) in [7, 11) is 0. The summed E-state index contributed by atoms with van der Waals surface area (Å²) in [4.78, 5) is 12.7. The maximum absolute atomic E-state index is 12.7. The average molecular weight is 365 g/mol. The lowest BCUT2D eigenvalue weighted by molar-refractivity contribution is 0.102. The molecule has 0 unspecified atom stereocenters. The molecular weight excluding hydrogens is 346 g/mol. The number of ether oxygens (including phenoxy) is 1. The van der Waals surface area contributed by atoms with Crippen molar-refractivity contribution in [3.05, 3.63) is 115 Å². The SMILES string of the molecule is O=C(Nc1ccccc1Oc1ccccc1)c1ccc(-c2ccccc2)cc1. The van der Waals surface area contributed by atoms with Crippen LogP contribution in [0.1, 0.15) is 10.4 Å². The minimum Gasteiger partial charge on any atom is -0.455 e. The van der Waals surface area contributed by atoms with Crippen molar-refractivity contribution in [2.45, 2.75) is 0 Å². The van der Waals surface area contributed by atoms with Gasteiger partial charge >= 0.3 is 0 Å². The predicted octanol–water partition coefficient (Wildman–Crippen LogP) is 6.40. The van der Waals surface area contributed by atoms with Crippen molar-refractivity contribution in [2.75, 3.05) is 5.32 Å². The zero-order valence-electron chi connectivity index (χ0n) is 15.2. The van der Waals surface area contributed by atoms with Gasteiger partial charge in [0.15, 0.2) is 5.75 Å². The standard InChI is InChI=1S/C25H19NO2/c27-25(21-17-15-20(16-18-21)19-9-3-1-4-10-19)26-23-13-7-8-14-24(23)28-22-11-5-2-6-12-22/h1-18H,(H,26,27). The van der Waals surface area contributed by atoms with Gasteiger partial charge in [-0.25, -0.2) is 0 Å². The number of para-hydroxylation sites is 3. The molecule has 0 spiro atoms. The van der Waals surface area contributed by atoms with Gasteiger partial charge in [0, 0.05) is 5.56 Å². The molecule has 0 aliphatic carbocycles. The zero-order chi connectivity index (χ0) is 19.2. The first-order valence-corrected chi connectivity index (χ1v) is 9.08. The second kappa shape index (κ2) is 8.23. The third kappa shape index (κ3) is 4.10. The molecule has 4 aromatic carbocycles. The van der Waals surface area contributed by atoms with Crippen molar-refractivity contribution in [3.8, 4) is 22.6 Å². The van der Waals surface area contributed by atoms with E-state index in [0.29, 0.717) is 17.0 Å². The number of hydrogen-bond donors (Lipinski definition) is 1. The number of amides is 1. The third-order valence-corrected chi connectivity index (χ3v) is 4.36. The van der Waals surface area contributed by atoms with Crippen LogP contribution in [0.25, 0.3) is 11.1 Å². The van der Waals surface area contributed by atoms with Gasteiger partial charge in [-0.2, -0.15) is 0 Å². The predicted molar refractivity (Wildman–Crippen MR) is 113 cm³/mol. The van der Waals surface area contributed by atoms with Gasteiger partial charge in [0.1, 0.15) is 5.75 Å². The molecule has 1 N–H and O–H groups in total. The smallest absolute Gasteiger partial charge is 0.255 e. The number of nitrogens with one attached hydrogen (secondary N) is 1. The van der Waals surface area contributed by atoms with Crippen LogP contribution in [-0.4, -0.2) is 5.91 Å². The first-order chi connectivity index (χ1) is 13.8. The molecule has 0 aromatic heterocycles. The minimum atomic E-state index is -0.177. The second-order valence-electron chi connectivity index (χ2n) is 6.31. The van der Waals surface area contributed by atoms with Gasteiger partial charge in [-0.15, -0.1) is 0 Å². The van der Waals surface area contributed by atoms with Gasteiger partial charge in [0.25, 0.3) is 5.91 Å². The van der Waals surface area contributed by atoms with Gasteiger partial charge in [-0.1, -0.05) is 72.8 Å². The van der Waals surface area contributed by atoms with Crippen LogP contribution in [0, 0.1) is 0 Å². The monoisotopic (exact) mass is 365 g/mol. The summed E-state index contributed by atoms with van der Waals surface area (Å²) in [5, 5.41) is 2.94. The Kier molecular flexibility index (Phi) is 5.16. The van der Waals surface area contributed by atoms with E-state index in [0.717, 1.165) is 16.9 Å². The summed E-state index contributed by atoms with van der Waals surface area (Å²) in [6, 6.07) is 34.6.